The van der Waals surface area contributed by atoms with Gasteiger partial charge in [-0.2, -0.15) is 17.0 Å². The number of nitriles is 1. The molecule has 68 valence electrons. The van der Waals surface area contributed by atoms with E-state index in [0.29, 0.717) is 11.9 Å². The summed E-state index contributed by atoms with van der Waals surface area (Å²) < 4.78 is 5.55. The lowest BCUT2D eigenvalue weighted by atomic mass is 9.95. The monoisotopic (exact) mass is 185 g/mol. The topological polar surface area (TPSA) is 33.0 Å². The fraction of sp³-hybridized carbons (Fsp3) is 0.889. The van der Waals surface area contributed by atoms with Gasteiger partial charge in [-0.15, -0.1) is 0 Å². The number of ether oxygens (including phenoxy) is 1. The van der Waals surface area contributed by atoms with Gasteiger partial charge in [0.15, 0.2) is 5.60 Å². The van der Waals surface area contributed by atoms with Crippen LogP contribution in [0.3, 0.4) is 0 Å². The van der Waals surface area contributed by atoms with E-state index in [4.69, 9.17) is 10.00 Å². The fourth-order valence-electron chi connectivity index (χ4n) is 1.56. The van der Waals surface area contributed by atoms with Crippen LogP contribution in [-0.2, 0) is 4.74 Å². The van der Waals surface area contributed by atoms with E-state index in [1.165, 1.54) is 0 Å². The summed E-state index contributed by atoms with van der Waals surface area (Å²) in [4.78, 5) is 0. The summed E-state index contributed by atoms with van der Waals surface area (Å²) in [6.07, 6.45) is 1.99. The highest BCUT2D eigenvalue weighted by Gasteiger charge is 2.39. The Bertz CT molecular complexity index is 185. The number of nitrogens with zero attached hydrogens (tertiary/aromatic N) is 1. The van der Waals surface area contributed by atoms with Crippen LogP contribution in [0.1, 0.15) is 26.7 Å². The van der Waals surface area contributed by atoms with Crippen molar-refractivity contribution in [1.82, 2.24) is 0 Å². The largest absolute Gasteiger partial charge is 0.359 e. The van der Waals surface area contributed by atoms with Crippen molar-refractivity contribution in [1.29, 1.82) is 5.26 Å². The Morgan fingerprint density at radius 1 is 1.75 bits per heavy atom. The van der Waals surface area contributed by atoms with Gasteiger partial charge in [0.1, 0.15) is 0 Å². The average molecular weight is 185 g/mol. The van der Waals surface area contributed by atoms with Gasteiger partial charge < -0.3 is 4.74 Å². The maximum Gasteiger partial charge on any atom is 0.165 e. The van der Waals surface area contributed by atoms with Crippen LogP contribution in [-0.4, -0.2) is 23.2 Å². The molecule has 1 aliphatic rings. The van der Waals surface area contributed by atoms with Crippen LogP contribution in [0.2, 0.25) is 0 Å². The number of hydrogen-bond donors (Lipinski definition) is 0. The van der Waals surface area contributed by atoms with Crippen LogP contribution in [0.15, 0.2) is 0 Å². The van der Waals surface area contributed by atoms with Crippen molar-refractivity contribution in [3.63, 3.8) is 0 Å². The summed E-state index contributed by atoms with van der Waals surface area (Å²) in [5.74, 6) is 1.16. The van der Waals surface area contributed by atoms with Crippen LogP contribution in [0.25, 0.3) is 0 Å². The summed E-state index contributed by atoms with van der Waals surface area (Å²) in [7, 11) is 0. The standard InChI is InChI=1S/C9H15NOS/c1-3-11-9(7-10)5-4-6-12-8(9)2/h8H,3-6H2,1-2H3. The van der Waals surface area contributed by atoms with Crippen LogP contribution < -0.4 is 0 Å². The normalized spacial score (nSPS) is 35.9. The highest BCUT2D eigenvalue weighted by atomic mass is 32.2. The van der Waals surface area contributed by atoms with E-state index in [2.05, 4.69) is 13.0 Å². The van der Waals surface area contributed by atoms with Crippen LogP contribution in [0.4, 0.5) is 0 Å². The quantitative estimate of drug-likeness (QED) is 0.661. The zero-order chi connectivity index (χ0) is 9.03. The summed E-state index contributed by atoms with van der Waals surface area (Å²) in [5, 5.41) is 9.37. The molecule has 3 heteroatoms. The lowest BCUT2D eigenvalue weighted by Crippen LogP contribution is -2.43. The van der Waals surface area contributed by atoms with E-state index in [1.807, 2.05) is 18.7 Å². The van der Waals surface area contributed by atoms with Gasteiger partial charge in [-0.3, -0.25) is 0 Å². The number of thioether (sulfide) groups is 1. The average Bonchev–Trinajstić information content (AvgIpc) is 2.10. The van der Waals surface area contributed by atoms with Gasteiger partial charge in [-0.05, 0) is 32.4 Å². The Labute approximate surface area is 78.3 Å². The molecule has 0 radical (unpaired) electrons. The zero-order valence-corrected chi connectivity index (χ0v) is 8.49. The van der Waals surface area contributed by atoms with Gasteiger partial charge in [0, 0.05) is 11.9 Å². The molecule has 2 atom stereocenters. The highest BCUT2D eigenvalue weighted by Crippen LogP contribution is 2.36. The van der Waals surface area contributed by atoms with Crippen LogP contribution in [0.5, 0.6) is 0 Å². The Hall–Kier alpha value is -0.200. The molecule has 0 aromatic carbocycles. The Morgan fingerprint density at radius 3 is 3.00 bits per heavy atom. The number of rotatable bonds is 2. The highest BCUT2D eigenvalue weighted by molar-refractivity contribution is 8.00. The minimum Gasteiger partial charge on any atom is -0.359 e. The second-order valence-corrected chi connectivity index (χ2v) is 4.50. The predicted molar refractivity (Wildman–Crippen MR) is 51.1 cm³/mol. The smallest absolute Gasteiger partial charge is 0.165 e. The number of hydrogen-bond acceptors (Lipinski definition) is 3. The first-order valence-electron chi connectivity index (χ1n) is 4.42. The molecule has 12 heavy (non-hydrogen) atoms. The minimum atomic E-state index is -0.502. The second-order valence-electron chi connectivity index (χ2n) is 3.05. The molecule has 1 saturated heterocycles. The molecule has 1 fully saturated rings. The predicted octanol–water partition coefficient (Wildman–Crippen LogP) is 2.20. The first kappa shape index (κ1) is 9.88. The van der Waals surface area contributed by atoms with Gasteiger partial charge in [-0.1, -0.05) is 0 Å². The maximum absolute atomic E-state index is 9.05. The second kappa shape index (κ2) is 4.15. The molecule has 2 unspecified atom stereocenters. The lowest BCUT2D eigenvalue weighted by Gasteiger charge is -2.35. The molecule has 0 spiro atoms. The van der Waals surface area contributed by atoms with Gasteiger partial charge in [0.05, 0.1) is 6.07 Å². The zero-order valence-electron chi connectivity index (χ0n) is 7.67. The molecule has 1 heterocycles. The van der Waals surface area contributed by atoms with Crippen molar-refractivity contribution >= 4 is 11.8 Å². The van der Waals surface area contributed by atoms with Crippen molar-refractivity contribution in [3.8, 4) is 6.07 Å². The molecule has 0 N–H and O–H groups in total. The van der Waals surface area contributed by atoms with Crippen molar-refractivity contribution in [2.45, 2.75) is 37.5 Å². The van der Waals surface area contributed by atoms with Gasteiger partial charge in [-0.25, -0.2) is 0 Å². The molecule has 2 nitrogen and oxygen atoms in total. The molecule has 0 aliphatic carbocycles. The van der Waals surface area contributed by atoms with Crippen molar-refractivity contribution < 1.29 is 4.74 Å². The molecular formula is C9H15NOS. The SMILES string of the molecule is CCOC1(C#N)CCCSC1C. The molecule has 0 aromatic heterocycles. The van der Waals surface area contributed by atoms with E-state index in [-0.39, 0.29) is 0 Å². The molecule has 1 aliphatic heterocycles. The van der Waals surface area contributed by atoms with E-state index in [9.17, 15) is 0 Å². The van der Waals surface area contributed by atoms with Gasteiger partial charge >= 0.3 is 0 Å². The lowest BCUT2D eigenvalue weighted by molar-refractivity contribution is -0.00205. The summed E-state index contributed by atoms with van der Waals surface area (Å²) in [6.45, 7) is 4.67. The first-order chi connectivity index (χ1) is 5.75. The Morgan fingerprint density at radius 2 is 2.50 bits per heavy atom. The fourth-order valence-corrected chi connectivity index (χ4v) is 2.73. The third-order valence-electron chi connectivity index (χ3n) is 2.31. The first-order valence-corrected chi connectivity index (χ1v) is 5.47. The van der Waals surface area contributed by atoms with Crippen molar-refractivity contribution in [2.75, 3.05) is 12.4 Å². The van der Waals surface area contributed by atoms with Gasteiger partial charge in [0.25, 0.3) is 0 Å². The molecule has 0 saturated carbocycles. The van der Waals surface area contributed by atoms with Crippen LogP contribution in [0, 0.1) is 11.3 Å². The third-order valence-corrected chi connectivity index (χ3v) is 3.71. The van der Waals surface area contributed by atoms with E-state index < -0.39 is 5.60 Å². The Kier molecular flexibility index (Phi) is 3.42. The minimum absolute atomic E-state index is 0.316. The molecule has 0 amide bonds. The van der Waals surface area contributed by atoms with Crippen molar-refractivity contribution in [2.24, 2.45) is 0 Å². The van der Waals surface area contributed by atoms with E-state index >= 15 is 0 Å². The maximum atomic E-state index is 9.05. The summed E-state index contributed by atoms with van der Waals surface area (Å²) in [6, 6.07) is 2.33. The summed E-state index contributed by atoms with van der Waals surface area (Å²) >= 11 is 1.84. The molecular weight excluding hydrogens is 170 g/mol. The van der Waals surface area contributed by atoms with Crippen molar-refractivity contribution in [3.05, 3.63) is 0 Å². The molecule has 0 aromatic rings. The summed E-state index contributed by atoms with van der Waals surface area (Å²) in [5.41, 5.74) is -0.502. The van der Waals surface area contributed by atoms with E-state index in [1.54, 1.807) is 0 Å². The third kappa shape index (κ3) is 1.75. The Balaban J connectivity index is 2.68. The molecule has 0 bridgehead atoms. The van der Waals surface area contributed by atoms with Gasteiger partial charge in [0.2, 0.25) is 0 Å². The van der Waals surface area contributed by atoms with Crippen LogP contribution >= 0.6 is 11.8 Å². The van der Waals surface area contributed by atoms with E-state index in [0.717, 1.165) is 18.6 Å². The molecule has 1 rings (SSSR count).